The van der Waals surface area contributed by atoms with Crippen LogP contribution >= 0.6 is 0 Å². The minimum Gasteiger partial charge on any atom is -0.382 e. The van der Waals surface area contributed by atoms with Crippen molar-refractivity contribution in [3.63, 3.8) is 0 Å². The Morgan fingerprint density at radius 3 is 2.86 bits per heavy atom. The number of hydrogen-bond donors (Lipinski definition) is 1. The van der Waals surface area contributed by atoms with Gasteiger partial charge in [-0.2, -0.15) is 5.26 Å². The van der Waals surface area contributed by atoms with Gasteiger partial charge in [-0.25, -0.2) is 0 Å². The molecular weight excluding hydrogens is 350 g/mol. The number of nitrogens with one attached hydrogen (secondary N) is 1. The molecule has 28 heavy (non-hydrogen) atoms. The van der Waals surface area contributed by atoms with Gasteiger partial charge >= 0.3 is 0 Å². The zero-order valence-corrected chi connectivity index (χ0v) is 15.9. The number of nitrogens with zero attached hydrogens (tertiary/aromatic N) is 4. The monoisotopic (exact) mass is 375 g/mol. The molecule has 1 aromatic carbocycles. The van der Waals surface area contributed by atoms with Crippen LogP contribution in [0, 0.1) is 17.2 Å². The van der Waals surface area contributed by atoms with Gasteiger partial charge < -0.3 is 10.2 Å². The minimum absolute atomic E-state index is 0.142. The van der Waals surface area contributed by atoms with E-state index in [0.717, 1.165) is 55.4 Å². The van der Waals surface area contributed by atoms with Crippen LogP contribution in [0.4, 0.5) is 5.69 Å². The van der Waals surface area contributed by atoms with E-state index in [4.69, 9.17) is 0 Å². The van der Waals surface area contributed by atoms with E-state index in [0.29, 0.717) is 24.5 Å². The zero-order valence-electron chi connectivity index (χ0n) is 15.9. The highest BCUT2D eigenvalue weighted by Crippen LogP contribution is 2.47. The molecule has 0 bridgehead atoms. The fraction of sp³-hybridized carbons (Fsp3) is 0.500. The van der Waals surface area contributed by atoms with Gasteiger partial charge in [-0.15, -0.1) is 0 Å². The van der Waals surface area contributed by atoms with Gasteiger partial charge in [-0.1, -0.05) is 18.2 Å². The van der Waals surface area contributed by atoms with Crippen molar-refractivity contribution in [3.8, 4) is 6.07 Å². The smallest absolute Gasteiger partial charge is 0.238 e. The van der Waals surface area contributed by atoms with Crippen LogP contribution in [0.2, 0.25) is 0 Å². The van der Waals surface area contributed by atoms with Crippen LogP contribution < -0.4 is 5.32 Å². The van der Waals surface area contributed by atoms with Crippen LogP contribution in [0.25, 0.3) is 10.9 Å². The van der Waals surface area contributed by atoms with Crippen molar-refractivity contribution < 1.29 is 4.79 Å². The van der Waals surface area contributed by atoms with Crippen LogP contribution in [0.3, 0.4) is 0 Å². The number of likely N-dealkylation sites (tertiary alicyclic amines) is 2. The number of pyridine rings is 1. The molecule has 1 aliphatic carbocycles. The first-order chi connectivity index (χ1) is 13.7. The van der Waals surface area contributed by atoms with Crippen molar-refractivity contribution in [2.45, 2.75) is 43.8 Å². The molecule has 0 radical (unpaired) electrons. The molecule has 1 amide bonds. The number of anilines is 1. The third-order valence-corrected chi connectivity index (χ3v) is 6.50. The Labute approximate surface area is 165 Å². The van der Waals surface area contributed by atoms with Gasteiger partial charge in [0.2, 0.25) is 5.91 Å². The highest BCUT2D eigenvalue weighted by molar-refractivity contribution is 5.91. The van der Waals surface area contributed by atoms with Gasteiger partial charge in [-0.3, -0.25) is 14.7 Å². The van der Waals surface area contributed by atoms with Crippen molar-refractivity contribution in [3.05, 3.63) is 36.5 Å². The number of rotatable bonds is 4. The van der Waals surface area contributed by atoms with E-state index in [1.165, 1.54) is 0 Å². The molecule has 1 saturated carbocycles. The van der Waals surface area contributed by atoms with Crippen LogP contribution in [0.15, 0.2) is 36.5 Å². The average molecular weight is 375 g/mol. The van der Waals surface area contributed by atoms with Crippen LogP contribution in [-0.4, -0.2) is 58.5 Å². The van der Waals surface area contributed by atoms with Gasteiger partial charge in [0.15, 0.2) is 0 Å². The number of hydrogen-bond acceptors (Lipinski definition) is 5. The highest BCUT2D eigenvalue weighted by atomic mass is 16.2. The molecule has 3 heterocycles. The van der Waals surface area contributed by atoms with Crippen LogP contribution in [0.5, 0.6) is 0 Å². The molecule has 0 spiro atoms. The number of benzene rings is 1. The summed E-state index contributed by atoms with van der Waals surface area (Å²) in [4.78, 5) is 21.3. The Morgan fingerprint density at radius 1 is 1.21 bits per heavy atom. The molecule has 3 atom stereocenters. The maximum absolute atomic E-state index is 12.7. The summed E-state index contributed by atoms with van der Waals surface area (Å²) < 4.78 is 0. The zero-order chi connectivity index (χ0) is 19.1. The summed E-state index contributed by atoms with van der Waals surface area (Å²) in [5.41, 5.74) is 2.14. The van der Waals surface area contributed by atoms with Crippen molar-refractivity contribution in [2.24, 2.45) is 5.92 Å². The quantitative estimate of drug-likeness (QED) is 0.889. The number of aromatic nitrogens is 1. The molecule has 3 fully saturated rings. The third kappa shape index (κ3) is 3.20. The van der Waals surface area contributed by atoms with Crippen LogP contribution in [0.1, 0.15) is 25.7 Å². The van der Waals surface area contributed by atoms with Gasteiger partial charge in [0.25, 0.3) is 0 Å². The summed E-state index contributed by atoms with van der Waals surface area (Å²) >= 11 is 0. The van der Waals surface area contributed by atoms with Gasteiger partial charge in [0.05, 0.1) is 18.1 Å². The number of amides is 1. The Morgan fingerprint density at radius 2 is 2.04 bits per heavy atom. The third-order valence-electron chi connectivity index (χ3n) is 6.50. The van der Waals surface area contributed by atoms with Crippen molar-refractivity contribution in [2.75, 3.05) is 25.0 Å². The van der Waals surface area contributed by atoms with E-state index in [2.05, 4.69) is 27.3 Å². The van der Waals surface area contributed by atoms with E-state index >= 15 is 0 Å². The second kappa shape index (κ2) is 7.06. The summed E-state index contributed by atoms with van der Waals surface area (Å²) in [7, 11) is 0. The predicted octanol–water partition coefficient (Wildman–Crippen LogP) is 2.62. The fourth-order valence-electron chi connectivity index (χ4n) is 4.88. The Bertz CT molecular complexity index is 925. The highest BCUT2D eigenvalue weighted by Gasteiger charge is 2.54. The number of nitriles is 1. The molecule has 144 valence electrons. The Balaban J connectivity index is 1.17. The SMILES string of the molecule is N#C[C@@H]1C[C@@H]2C[C@@H]2N1C(=O)CN1CCC(Nc2ccnc3ccccc23)CC1. The first-order valence-electron chi connectivity index (χ1n) is 10.3. The number of para-hydroxylation sites is 1. The lowest BCUT2D eigenvalue weighted by atomic mass is 10.0. The lowest BCUT2D eigenvalue weighted by Gasteiger charge is -2.34. The van der Waals surface area contributed by atoms with Gasteiger partial charge in [0, 0.05) is 42.4 Å². The standard InChI is InChI=1S/C22H25N5O/c23-13-17-11-15-12-21(15)27(17)22(28)14-26-9-6-16(7-10-26)25-20-5-8-24-19-4-2-1-3-18(19)20/h1-5,8,15-17,21H,6-7,9-12,14H2,(H,24,25)/t15-,17+,21+/m1/s1. The first-order valence-corrected chi connectivity index (χ1v) is 10.3. The summed E-state index contributed by atoms with van der Waals surface area (Å²) in [5.74, 6) is 0.724. The number of carbonyl (C=O) groups is 1. The summed E-state index contributed by atoms with van der Waals surface area (Å²) in [6.45, 7) is 2.27. The van der Waals surface area contributed by atoms with E-state index in [-0.39, 0.29) is 11.9 Å². The molecule has 2 aliphatic heterocycles. The molecule has 2 saturated heterocycles. The van der Waals surface area contributed by atoms with Crippen molar-refractivity contribution >= 4 is 22.5 Å². The first kappa shape index (κ1) is 17.4. The largest absolute Gasteiger partial charge is 0.382 e. The Kier molecular flexibility index (Phi) is 4.40. The van der Waals surface area contributed by atoms with Crippen LogP contribution in [-0.2, 0) is 4.79 Å². The lowest BCUT2D eigenvalue weighted by molar-refractivity contribution is -0.133. The van der Waals surface area contributed by atoms with Crippen molar-refractivity contribution in [1.82, 2.24) is 14.8 Å². The second-order valence-electron chi connectivity index (χ2n) is 8.32. The maximum Gasteiger partial charge on any atom is 0.238 e. The summed E-state index contributed by atoms with van der Waals surface area (Å²) in [6, 6.07) is 13.1. The number of carbonyl (C=O) groups excluding carboxylic acids is 1. The molecule has 1 N–H and O–H groups in total. The van der Waals surface area contributed by atoms with E-state index in [9.17, 15) is 10.1 Å². The van der Waals surface area contributed by atoms with Crippen molar-refractivity contribution in [1.29, 1.82) is 5.26 Å². The number of fused-ring (bicyclic) bond motifs is 2. The second-order valence-corrected chi connectivity index (χ2v) is 8.32. The summed E-state index contributed by atoms with van der Waals surface area (Å²) in [6.07, 6.45) is 5.84. The summed E-state index contributed by atoms with van der Waals surface area (Å²) in [5, 5.41) is 14.1. The van der Waals surface area contributed by atoms with Gasteiger partial charge in [-0.05, 0) is 43.7 Å². The molecule has 5 rings (SSSR count). The van der Waals surface area contributed by atoms with E-state index in [1.54, 1.807) is 0 Å². The average Bonchev–Trinajstić information content (AvgIpc) is 3.39. The molecule has 6 nitrogen and oxygen atoms in total. The topological polar surface area (TPSA) is 72.3 Å². The lowest BCUT2D eigenvalue weighted by Crippen LogP contribution is -2.47. The molecule has 1 aromatic heterocycles. The number of piperidine rings is 2. The normalized spacial score (nSPS) is 27.4. The minimum atomic E-state index is -0.199. The molecule has 2 aromatic rings. The molecular formula is C22H25N5O. The molecule has 6 heteroatoms. The molecule has 3 aliphatic rings. The molecule has 0 unspecified atom stereocenters. The fourth-order valence-corrected chi connectivity index (χ4v) is 4.88. The maximum atomic E-state index is 12.7. The van der Waals surface area contributed by atoms with E-state index < -0.39 is 0 Å². The van der Waals surface area contributed by atoms with Gasteiger partial charge in [0.1, 0.15) is 6.04 Å². The Hall–Kier alpha value is -2.65. The van der Waals surface area contributed by atoms with E-state index in [1.807, 2.05) is 35.4 Å². The predicted molar refractivity (Wildman–Crippen MR) is 108 cm³/mol.